The van der Waals surface area contributed by atoms with E-state index in [-0.39, 0.29) is 10.4 Å². The van der Waals surface area contributed by atoms with Crippen molar-refractivity contribution in [2.75, 3.05) is 0 Å². The third-order valence-corrected chi connectivity index (χ3v) is 3.37. The fraction of sp³-hybridized carbons (Fsp3) is 0. The van der Waals surface area contributed by atoms with Crippen molar-refractivity contribution < 1.29 is 13.6 Å². The highest BCUT2D eigenvalue weighted by Crippen LogP contribution is 2.09. The van der Waals surface area contributed by atoms with Crippen molar-refractivity contribution in [3.8, 4) is 0 Å². The van der Waals surface area contributed by atoms with Gasteiger partial charge in [0.2, 0.25) is 0 Å². The lowest BCUT2D eigenvalue weighted by molar-refractivity contribution is 0.172. The van der Waals surface area contributed by atoms with E-state index in [1.165, 1.54) is 24.4 Å². The van der Waals surface area contributed by atoms with Gasteiger partial charge in [-0.15, -0.1) is 4.40 Å². The lowest BCUT2D eigenvalue weighted by Crippen LogP contribution is -2.19. The molecule has 0 radical (unpaired) electrons. The first-order valence-corrected chi connectivity index (χ1v) is 6.26. The number of hydrogen-bond donors (Lipinski definition) is 1. The van der Waals surface area contributed by atoms with Crippen LogP contribution in [0.15, 0.2) is 64.0 Å². The van der Waals surface area contributed by atoms with Gasteiger partial charge in [-0.1, -0.05) is 24.3 Å². The van der Waals surface area contributed by atoms with Crippen LogP contribution < -0.4 is 5.49 Å². The topological polar surface area (TPSA) is 71.7 Å². The van der Waals surface area contributed by atoms with Crippen LogP contribution in [0.25, 0.3) is 0 Å². The largest absolute Gasteiger partial charge is 0.427 e. The Morgan fingerprint density at radius 1 is 1.00 bits per heavy atom. The van der Waals surface area contributed by atoms with Crippen LogP contribution in [0.5, 0.6) is 0 Å². The van der Waals surface area contributed by atoms with E-state index in [4.69, 9.17) is 0 Å². The van der Waals surface area contributed by atoms with Gasteiger partial charge in [-0.2, -0.15) is 13.1 Å². The SMILES string of the molecule is O=S(=O)(/N=c1\ccccn1O)c1ccccc1. The molecule has 6 heteroatoms. The molecule has 5 nitrogen and oxygen atoms in total. The van der Waals surface area contributed by atoms with Gasteiger partial charge in [0.1, 0.15) is 0 Å². The summed E-state index contributed by atoms with van der Waals surface area (Å²) in [6.07, 6.45) is 1.30. The number of pyridine rings is 1. The molecule has 0 aliphatic carbocycles. The molecule has 2 aromatic rings. The Labute approximate surface area is 98.3 Å². The maximum atomic E-state index is 11.9. The number of nitrogens with zero attached hydrogens (tertiary/aromatic N) is 2. The van der Waals surface area contributed by atoms with Gasteiger partial charge in [0.15, 0.2) is 5.49 Å². The first-order valence-electron chi connectivity index (χ1n) is 4.82. The zero-order chi connectivity index (χ0) is 12.3. The van der Waals surface area contributed by atoms with Gasteiger partial charge < -0.3 is 5.21 Å². The Morgan fingerprint density at radius 3 is 2.29 bits per heavy atom. The summed E-state index contributed by atoms with van der Waals surface area (Å²) in [5, 5.41) is 9.38. The van der Waals surface area contributed by atoms with Gasteiger partial charge in [0.05, 0.1) is 4.90 Å². The highest BCUT2D eigenvalue weighted by Gasteiger charge is 2.11. The van der Waals surface area contributed by atoms with Crippen molar-refractivity contribution in [1.29, 1.82) is 0 Å². The fourth-order valence-electron chi connectivity index (χ4n) is 1.27. The molecule has 0 fully saturated rings. The second-order valence-electron chi connectivity index (χ2n) is 3.28. The van der Waals surface area contributed by atoms with Gasteiger partial charge >= 0.3 is 0 Å². The summed E-state index contributed by atoms with van der Waals surface area (Å²) < 4.78 is 27.9. The summed E-state index contributed by atoms with van der Waals surface area (Å²) in [5.74, 6) is 0. The molecule has 1 aromatic carbocycles. The minimum absolute atomic E-state index is 0.0450. The van der Waals surface area contributed by atoms with Crippen LogP contribution in [0.2, 0.25) is 0 Å². The molecule has 0 spiro atoms. The van der Waals surface area contributed by atoms with Gasteiger partial charge in [-0.3, -0.25) is 0 Å². The highest BCUT2D eigenvalue weighted by molar-refractivity contribution is 7.90. The van der Waals surface area contributed by atoms with E-state index in [0.29, 0.717) is 4.73 Å². The second kappa shape index (κ2) is 4.42. The van der Waals surface area contributed by atoms with E-state index in [2.05, 4.69) is 4.40 Å². The van der Waals surface area contributed by atoms with Crippen molar-refractivity contribution in [2.45, 2.75) is 4.90 Å². The van der Waals surface area contributed by atoms with Gasteiger partial charge in [-0.25, -0.2) is 0 Å². The first kappa shape index (κ1) is 11.4. The molecule has 17 heavy (non-hydrogen) atoms. The van der Waals surface area contributed by atoms with Crippen molar-refractivity contribution in [3.05, 3.63) is 60.2 Å². The van der Waals surface area contributed by atoms with Crippen LogP contribution in [0.1, 0.15) is 0 Å². The molecular weight excluding hydrogens is 240 g/mol. The van der Waals surface area contributed by atoms with Crippen LogP contribution >= 0.6 is 0 Å². The van der Waals surface area contributed by atoms with E-state index in [1.54, 1.807) is 30.3 Å². The van der Waals surface area contributed by atoms with E-state index >= 15 is 0 Å². The summed E-state index contributed by atoms with van der Waals surface area (Å²) in [4.78, 5) is 0.0869. The average Bonchev–Trinajstić information content (AvgIpc) is 2.33. The summed E-state index contributed by atoms with van der Waals surface area (Å²) in [6.45, 7) is 0. The molecule has 0 bridgehead atoms. The molecule has 0 saturated carbocycles. The van der Waals surface area contributed by atoms with Gasteiger partial charge in [0.25, 0.3) is 10.0 Å². The Balaban J connectivity index is 2.57. The molecule has 0 atom stereocenters. The van der Waals surface area contributed by atoms with E-state index in [9.17, 15) is 13.6 Å². The molecular formula is C11H10N2O3S. The second-order valence-corrected chi connectivity index (χ2v) is 4.89. The number of rotatable bonds is 2. The number of aromatic nitrogens is 1. The molecule has 0 aliphatic heterocycles. The van der Waals surface area contributed by atoms with E-state index in [0.717, 1.165) is 0 Å². The van der Waals surface area contributed by atoms with Crippen LogP contribution in [0.4, 0.5) is 0 Å². The van der Waals surface area contributed by atoms with Crippen LogP contribution in [0.3, 0.4) is 0 Å². The van der Waals surface area contributed by atoms with Crippen LogP contribution in [0, 0.1) is 0 Å². The summed E-state index contributed by atoms with van der Waals surface area (Å²) in [7, 11) is -3.79. The van der Waals surface area contributed by atoms with Crippen molar-refractivity contribution >= 4 is 10.0 Å². The standard InChI is InChI=1S/C11H10N2O3S/c14-13-9-5-4-8-11(13)12-17(15,16)10-6-2-1-3-7-10/h1-9,14H/b12-11+. The predicted octanol–water partition coefficient (Wildman–Crippen LogP) is 1.02. The summed E-state index contributed by atoms with van der Waals surface area (Å²) in [6, 6.07) is 12.4. The van der Waals surface area contributed by atoms with E-state index in [1.807, 2.05) is 0 Å². The molecule has 88 valence electrons. The van der Waals surface area contributed by atoms with Gasteiger partial charge in [-0.05, 0) is 24.3 Å². The third kappa shape index (κ3) is 2.54. The molecule has 0 amide bonds. The zero-order valence-electron chi connectivity index (χ0n) is 8.76. The van der Waals surface area contributed by atoms with Crippen molar-refractivity contribution in [1.82, 2.24) is 4.73 Å². The van der Waals surface area contributed by atoms with E-state index < -0.39 is 10.0 Å². The molecule has 0 aliphatic rings. The third-order valence-electron chi connectivity index (χ3n) is 2.07. The lowest BCUT2D eigenvalue weighted by Gasteiger charge is -1.99. The normalized spacial score (nSPS) is 12.6. The van der Waals surface area contributed by atoms with Crippen molar-refractivity contribution in [3.63, 3.8) is 0 Å². The Bertz CT molecular complexity index is 675. The first-order chi connectivity index (χ1) is 8.09. The molecule has 0 saturated heterocycles. The van der Waals surface area contributed by atoms with Gasteiger partial charge in [0, 0.05) is 6.20 Å². The minimum Gasteiger partial charge on any atom is -0.427 e. The smallest absolute Gasteiger partial charge is 0.284 e. The maximum Gasteiger partial charge on any atom is 0.284 e. The minimum atomic E-state index is -3.79. The quantitative estimate of drug-likeness (QED) is 0.809. The monoisotopic (exact) mass is 250 g/mol. The zero-order valence-corrected chi connectivity index (χ0v) is 9.58. The Morgan fingerprint density at radius 2 is 1.65 bits per heavy atom. The number of benzene rings is 1. The van der Waals surface area contributed by atoms with Crippen LogP contribution in [-0.2, 0) is 10.0 Å². The Kier molecular flexibility index (Phi) is 2.97. The fourth-order valence-corrected chi connectivity index (χ4v) is 2.26. The molecule has 1 heterocycles. The molecule has 2 rings (SSSR count). The summed E-state index contributed by atoms with van der Waals surface area (Å²) in [5.41, 5.74) is -0.0450. The number of hydrogen-bond acceptors (Lipinski definition) is 3. The maximum absolute atomic E-state index is 11.9. The molecule has 1 aromatic heterocycles. The van der Waals surface area contributed by atoms with Crippen molar-refractivity contribution in [2.24, 2.45) is 4.40 Å². The molecule has 1 N–H and O–H groups in total. The number of sulfonamides is 1. The Hall–Kier alpha value is -2.08. The summed E-state index contributed by atoms with van der Waals surface area (Å²) >= 11 is 0. The molecule has 0 unspecified atom stereocenters. The highest BCUT2D eigenvalue weighted by atomic mass is 32.2. The van der Waals surface area contributed by atoms with Crippen LogP contribution in [-0.4, -0.2) is 18.4 Å². The predicted molar refractivity (Wildman–Crippen MR) is 60.8 cm³/mol. The lowest BCUT2D eigenvalue weighted by atomic mass is 10.4. The average molecular weight is 250 g/mol.